The molecule has 0 aliphatic heterocycles. The number of methoxy groups -OCH3 is 2. The number of carbonyl (C=O) groups is 10. The molecule has 4 aromatic heterocycles. The molecule has 4 heterocycles. The topological polar surface area (TPSA) is 310 Å². The number of amides is 2. The molecule has 0 radical (unpaired) electrons. The van der Waals surface area contributed by atoms with Crippen LogP contribution in [0.25, 0.3) is 21.8 Å². The minimum Gasteiger partial charge on any atom is -0.496 e. The van der Waals surface area contributed by atoms with Gasteiger partial charge in [0, 0.05) is 96.6 Å². The average Bonchev–Trinajstić information content (AvgIpc) is 2.24. The van der Waals surface area contributed by atoms with E-state index < -0.39 is 54.2 Å². The number of aromatic amines is 2. The lowest BCUT2D eigenvalue weighted by molar-refractivity contribution is -0.133. The summed E-state index contributed by atoms with van der Waals surface area (Å²) in [5.41, 5.74) is 5.26. The van der Waals surface area contributed by atoms with E-state index in [0.717, 1.165) is 53.9 Å². The molecule has 22 nitrogen and oxygen atoms in total. The molecule has 6 aromatic rings. The summed E-state index contributed by atoms with van der Waals surface area (Å²) >= 11 is 5.82. The number of H-pyrrole nitrogens is 2. The Morgan fingerprint density at radius 2 is 1.05 bits per heavy atom. The zero-order chi connectivity index (χ0) is 67.0. The molecule has 23 heteroatoms. The number of hydrogen-bond acceptors (Lipinski definition) is 15. The van der Waals surface area contributed by atoms with E-state index in [2.05, 4.69) is 30.8 Å². The number of aromatic carboxylic acids is 1. The number of nitrogens with zero attached hydrogens (tertiary/aromatic N) is 4. The van der Waals surface area contributed by atoms with Gasteiger partial charge in [-0.3, -0.25) is 47.7 Å². The van der Waals surface area contributed by atoms with E-state index in [1.807, 2.05) is 64.1 Å². The lowest BCUT2D eigenvalue weighted by Crippen LogP contribution is -2.47. The third kappa shape index (κ3) is 19.1. The van der Waals surface area contributed by atoms with E-state index in [9.17, 15) is 47.9 Å². The Bertz CT molecular complexity index is 3630. The monoisotopic (exact) mass is 1280 g/mol. The predicted octanol–water partition coefficient (Wildman–Crippen LogP) is 10.4. The number of esters is 1. The van der Waals surface area contributed by atoms with Gasteiger partial charge in [-0.15, -0.1) is 11.6 Å². The first-order valence-corrected chi connectivity index (χ1v) is 31.8. The van der Waals surface area contributed by atoms with Crippen molar-refractivity contribution < 1.29 is 67.3 Å². The number of halogens is 1. The fraction of sp³-hybridized carbons (Fsp3) is 0.529. The van der Waals surface area contributed by atoms with Crippen LogP contribution >= 0.6 is 11.6 Å². The summed E-state index contributed by atoms with van der Waals surface area (Å²) in [5, 5.41) is 24.2. The van der Waals surface area contributed by atoms with Gasteiger partial charge in [0.25, 0.3) is 0 Å². The molecule has 2 aliphatic carbocycles. The molecule has 0 saturated heterocycles. The van der Waals surface area contributed by atoms with Gasteiger partial charge in [0.1, 0.15) is 34.2 Å². The third-order valence-electron chi connectivity index (χ3n) is 17.1. The van der Waals surface area contributed by atoms with Crippen LogP contribution in [0.4, 0.5) is 0 Å². The number of aromatic nitrogens is 6. The second-order valence-corrected chi connectivity index (χ2v) is 25.1. The lowest BCUT2D eigenvalue weighted by Gasteiger charge is -2.27. The zero-order valence-electron chi connectivity index (χ0n) is 54.5. The number of carboxylic acids is 1. The predicted molar refractivity (Wildman–Crippen MR) is 344 cm³/mol. The lowest BCUT2D eigenvalue weighted by atomic mass is 9.82. The molecule has 0 spiro atoms. The largest absolute Gasteiger partial charge is 0.496 e. The number of ketones is 6. The smallest absolute Gasteiger partial charge is 0.342 e. The summed E-state index contributed by atoms with van der Waals surface area (Å²) in [6.45, 7) is 14.2. The van der Waals surface area contributed by atoms with E-state index in [4.69, 9.17) is 30.9 Å². The molecular weight excluding hydrogens is 1190 g/mol. The first-order valence-electron chi connectivity index (χ1n) is 31.2. The van der Waals surface area contributed by atoms with Crippen LogP contribution in [0, 0.1) is 63.2 Å². The first-order chi connectivity index (χ1) is 43.2. The number of nitrogens with one attached hydrogen (secondary N) is 4. The molecule has 2 aromatic carbocycles. The molecular formula is C68H89ClN8O14. The minimum absolute atomic E-state index is 0.00327. The van der Waals surface area contributed by atoms with E-state index in [-0.39, 0.29) is 90.1 Å². The Morgan fingerprint density at radius 1 is 0.637 bits per heavy atom. The second kappa shape index (κ2) is 33.2. The molecule has 91 heavy (non-hydrogen) atoms. The Morgan fingerprint density at radius 3 is 1.41 bits per heavy atom. The number of fused-ring (bicyclic) bond motifs is 2. The molecule has 2 saturated carbocycles. The van der Waals surface area contributed by atoms with Gasteiger partial charge in [-0.2, -0.15) is 10.2 Å². The van der Waals surface area contributed by atoms with Crippen LogP contribution in [-0.4, -0.2) is 132 Å². The Hall–Kier alpha value is -8.27. The van der Waals surface area contributed by atoms with Crippen LogP contribution in [0.5, 0.6) is 11.5 Å². The number of alkyl halides is 1. The van der Waals surface area contributed by atoms with Crippen LogP contribution in [-0.2, 0) is 47.6 Å². The molecule has 0 unspecified atom stereocenters. The highest BCUT2D eigenvalue weighted by Gasteiger charge is 2.36. The number of rotatable bonds is 27. The fourth-order valence-electron chi connectivity index (χ4n) is 12.1. The number of aryl methyl sites for hydroxylation is 4. The normalized spacial score (nSPS) is 16.2. The van der Waals surface area contributed by atoms with E-state index in [1.54, 1.807) is 77.5 Å². The Labute approximate surface area is 536 Å². The van der Waals surface area contributed by atoms with Gasteiger partial charge in [0.2, 0.25) is 11.8 Å². The van der Waals surface area contributed by atoms with E-state index >= 15 is 0 Å². The average molecular weight is 1280 g/mol. The van der Waals surface area contributed by atoms with Gasteiger partial charge in [0.05, 0.1) is 55.0 Å². The van der Waals surface area contributed by atoms with Crippen molar-refractivity contribution in [3.8, 4) is 11.5 Å². The number of carbonyl (C=O) groups excluding carboxylic acids is 9. The van der Waals surface area contributed by atoms with Gasteiger partial charge >= 0.3 is 11.9 Å². The number of benzene rings is 2. The van der Waals surface area contributed by atoms with Gasteiger partial charge in [0.15, 0.2) is 29.7 Å². The summed E-state index contributed by atoms with van der Waals surface area (Å²) in [6, 6.07) is 12.6. The van der Waals surface area contributed by atoms with Crippen molar-refractivity contribution in [1.82, 2.24) is 40.2 Å². The number of carboxylic acid groups (broad SMARTS) is 1. The maximum absolute atomic E-state index is 13.8. The number of ether oxygens (including phenoxy) is 3. The van der Waals surface area contributed by atoms with E-state index in [1.165, 1.54) is 0 Å². The van der Waals surface area contributed by atoms with Gasteiger partial charge in [-0.25, -0.2) is 9.59 Å². The highest BCUT2D eigenvalue weighted by molar-refractivity contribution is 6.28. The molecule has 0 bridgehead atoms. The molecule has 2 fully saturated rings. The van der Waals surface area contributed by atoms with Crippen molar-refractivity contribution in [2.75, 3.05) is 26.7 Å². The molecule has 5 N–H and O–H groups in total. The third-order valence-corrected chi connectivity index (χ3v) is 17.4. The summed E-state index contributed by atoms with van der Waals surface area (Å²) in [6.07, 6.45) is 7.00. The molecule has 2 amide bonds. The molecule has 6 atom stereocenters. The Balaban J connectivity index is 0.000000253. The summed E-state index contributed by atoms with van der Waals surface area (Å²) < 4.78 is 19.3. The second-order valence-electron chi connectivity index (χ2n) is 24.8. The minimum atomic E-state index is -1.05. The van der Waals surface area contributed by atoms with Crippen molar-refractivity contribution in [2.45, 2.75) is 157 Å². The van der Waals surface area contributed by atoms with Crippen LogP contribution in [0.15, 0.2) is 48.5 Å². The van der Waals surface area contributed by atoms with Crippen molar-refractivity contribution in [3.63, 3.8) is 0 Å². The van der Waals surface area contributed by atoms with Crippen molar-refractivity contribution in [2.24, 2.45) is 49.6 Å². The van der Waals surface area contributed by atoms with Crippen molar-refractivity contribution in [3.05, 3.63) is 93.8 Å². The zero-order valence-corrected chi connectivity index (χ0v) is 55.2. The van der Waals surface area contributed by atoms with Crippen molar-refractivity contribution >= 4 is 91.9 Å². The van der Waals surface area contributed by atoms with Gasteiger partial charge in [-0.05, 0) is 127 Å². The summed E-state index contributed by atoms with van der Waals surface area (Å²) in [5.74, 6) is -4.05. The molecule has 8 rings (SSSR count). The SMILES string of the molecule is COc1cccc2[nH]c(C(=O)C[C@@H](CC(C)C)C(=O)N[C@@H](C[C@@H]3CCCCC3=O)C(=O)CCl)cc12.COc1cccc2[nH]c(C(=O)C[C@@H](CC(C)C)C(=O)N[C@@H](C[C@@H]3CCCCC3=O)C(=O)COC(=O)c3c(C)nn(C)c3C)cc12.Cc1nn(C)c(C)c1C(=O)O. The number of hydrogen-bond donors (Lipinski definition) is 5. The summed E-state index contributed by atoms with van der Waals surface area (Å²) in [4.78, 5) is 134. The first kappa shape index (κ1) is 71.8. The molecule has 2 aliphatic rings. The fourth-order valence-corrected chi connectivity index (χ4v) is 12.3. The quantitative estimate of drug-likeness (QED) is 0.0182. The number of Topliss-reactive ketones (excluding diaryl/α,β-unsaturated/α-hetero) is 6. The highest BCUT2D eigenvalue weighted by atomic mass is 35.5. The molecule has 492 valence electrons. The van der Waals surface area contributed by atoms with Crippen LogP contribution in [0.3, 0.4) is 0 Å². The van der Waals surface area contributed by atoms with Gasteiger partial charge < -0.3 is 39.9 Å². The summed E-state index contributed by atoms with van der Waals surface area (Å²) in [7, 11) is 6.58. The maximum atomic E-state index is 13.8. The van der Waals surface area contributed by atoms with Crippen LogP contribution < -0.4 is 20.1 Å². The maximum Gasteiger partial charge on any atom is 0.342 e. The van der Waals surface area contributed by atoms with E-state index in [0.29, 0.717) is 88.9 Å². The van der Waals surface area contributed by atoms with Gasteiger partial charge in [-0.1, -0.05) is 52.7 Å². The highest BCUT2D eigenvalue weighted by Crippen LogP contribution is 2.32. The standard InChI is InChI=1S/C34H44N4O7.C27H35ClN2O5.C7H10N2O2/c1-19(2)14-23(16-29(40)27-17-24-25(35-27)11-9-13-31(24)44-6)33(42)36-26(15-22-10-7-8-12-28(22)39)30(41)18-45-34(43)32-20(3)37-38(5)21(32)4;1-16(2)11-18(13-24(32)22-14-19-20(29-22)8-6-10-26(19)35-3)27(34)30-21(25(33)15-28)12-17-7-4-5-9-23(17)31;1-4-6(7(10)11)5(2)9(3)8-4/h9,11,13,17,19,22-23,26,35H,7-8,10,12,14-16,18H2,1-6H3,(H,36,42);6,8,10,14,16-18,21,29H,4-5,7,9,11-13,15H2,1-3H3,(H,30,34);1-3H3,(H,10,11)/t22-,23+,26-;17-,18+,21-;/m00./s1. The van der Waals surface area contributed by atoms with Crippen LogP contribution in [0.2, 0.25) is 0 Å². The Kier molecular flexibility index (Phi) is 26.2. The van der Waals surface area contributed by atoms with Crippen LogP contribution in [0.1, 0.15) is 182 Å². The van der Waals surface area contributed by atoms with Crippen molar-refractivity contribution in [1.29, 1.82) is 0 Å².